The SMILES string of the molecule is CCCC(CCC)CC1(C(=O)c2cc(Cl)c(Cl)s2)CCNC1. The molecular formula is C17H25Cl2NOS. The van der Waals surface area contributed by atoms with E-state index in [1.165, 1.54) is 37.0 Å². The quantitative estimate of drug-likeness (QED) is 0.590. The first-order valence-electron chi connectivity index (χ1n) is 8.22. The van der Waals surface area contributed by atoms with Crippen LogP contribution in [0.2, 0.25) is 9.36 Å². The van der Waals surface area contributed by atoms with E-state index in [9.17, 15) is 4.79 Å². The zero-order valence-corrected chi connectivity index (χ0v) is 15.7. The van der Waals surface area contributed by atoms with Crippen LogP contribution in [0.25, 0.3) is 0 Å². The number of nitrogens with one attached hydrogen (secondary N) is 1. The van der Waals surface area contributed by atoms with Gasteiger partial charge in [-0.3, -0.25) is 4.79 Å². The van der Waals surface area contributed by atoms with Crippen LogP contribution in [0.1, 0.15) is 62.0 Å². The summed E-state index contributed by atoms with van der Waals surface area (Å²) in [5.74, 6) is 0.860. The Hall–Kier alpha value is -0.0900. The number of hydrogen-bond donors (Lipinski definition) is 1. The van der Waals surface area contributed by atoms with E-state index in [0.717, 1.165) is 25.9 Å². The van der Waals surface area contributed by atoms with Gasteiger partial charge in [0.15, 0.2) is 5.78 Å². The van der Waals surface area contributed by atoms with Gasteiger partial charge in [0.25, 0.3) is 0 Å². The standard InChI is InChI=1S/C17H25Cl2NOS/c1-3-5-12(6-4-2)10-17(7-8-20-11-17)15(21)14-9-13(18)16(19)22-14/h9,12,20H,3-8,10-11H2,1-2H3. The molecule has 5 heteroatoms. The fraction of sp³-hybridized carbons (Fsp3) is 0.706. The lowest BCUT2D eigenvalue weighted by molar-refractivity contribution is 0.0771. The van der Waals surface area contributed by atoms with Gasteiger partial charge in [0.1, 0.15) is 4.34 Å². The summed E-state index contributed by atoms with van der Waals surface area (Å²) in [6, 6.07) is 1.74. The number of ketones is 1. The van der Waals surface area contributed by atoms with Gasteiger partial charge in [-0.05, 0) is 31.4 Å². The van der Waals surface area contributed by atoms with Crippen LogP contribution in [0, 0.1) is 11.3 Å². The highest BCUT2D eigenvalue weighted by atomic mass is 35.5. The van der Waals surface area contributed by atoms with Gasteiger partial charge >= 0.3 is 0 Å². The molecule has 0 aliphatic carbocycles. The average Bonchev–Trinajstić information content (AvgIpc) is 3.07. The van der Waals surface area contributed by atoms with Crippen molar-refractivity contribution in [2.45, 2.75) is 52.4 Å². The fourth-order valence-corrected chi connectivity index (χ4v) is 5.07. The maximum atomic E-state index is 13.1. The molecule has 0 spiro atoms. The molecule has 124 valence electrons. The second-order valence-electron chi connectivity index (χ2n) is 6.42. The lowest BCUT2D eigenvalue weighted by Gasteiger charge is -2.31. The molecule has 0 saturated carbocycles. The number of thiophene rings is 1. The molecular weight excluding hydrogens is 337 g/mol. The summed E-state index contributed by atoms with van der Waals surface area (Å²) in [4.78, 5) is 13.8. The Balaban J connectivity index is 2.21. The molecule has 0 bridgehead atoms. The lowest BCUT2D eigenvalue weighted by Crippen LogP contribution is -2.35. The summed E-state index contributed by atoms with van der Waals surface area (Å²) >= 11 is 13.4. The second-order valence-corrected chi connectivity index (χ2v) is 8.48. The van der Waals surface area contributed by atoms with Crippen LogP contribution < -0.4 is 5.32 Å². The molecule has 1 atom stereocenters. The fourth-order valence-electron chi connectivity index (χ4n) is 3.64. The Kier molecular flexibility index (Phi) is 6.75. The van der Waals surface area contributed by atoms with Crippen LogP contribution in [0.4, 0.5) is 0 Å². The van der Waals surface area contributed by atoms with E-state index in [-0.39, 0.29) is 11.2 Å². The van der Waals surface area contributed by atoms with Crippen molar-refractivity contribution in [2.75, 3.05) is 13.1 Å². The largest absolute Gasteiger partial charge is 0.316 e. The number of hydrogen-bond acceptors (Lipinski definition) is 3. The van der Waals surface area contributed by atoms with Crippen molar-refractivity contribution >= 4 is 40.3 Å². The van der Waals surface area contributed by atoms with Crippen LogP contribution >= 0.6 is 34.5 Å². The first-order valence-corrected chi connectivity index (χ1v) is 9.80. The topological polar surface area (TPSA) is 29.1 Å². The molecule has 2 heterocycles. The zero-order valence-electron chi connectivity index (χ0n) is 13.4. The summed E-state index contributed by atoms with van der Waals surface area (Å²) in [6.07, 6.45) is 6.66. The number of halogens is 2. The van der Waals surface area contributed by atoms with Crippen LogP contribution in [0.5, 0.6) is 0 Å². The van der Waals surface area contributed by atoms with E-state index in [4.69, 9.17) is 23.2 Å². The summed E-state index contributed by atoms with van der Waals surface area (Å²) in [5, 5.41) is 3.89. The molecule has 1 unspecified atom stereocenters. The molecule has 0 aromatic carbocycles. The smallest absolute Gasteiger partial charge is 0.180 e. The van der Waals surface area contributed by atoms with E-state index in [1.54, 1.807) is 6.07 Å². The van der Waals surface area contributed by atoms with Gasteiger partial charge in [-0.2, -0.15) is 0 Å². The van der Waals surface area contributed by atoms with Crippen LogP contribution in [0.3, 0.4) is 0 Å². The van der Waals surface area contributed by atoms with Gasteiger partial charge < -0.3 is 5.32 Å². The van der Waals surface area contributed by atoms with Crippen molar-refractivity contribution in [1.29, 1.82) is 0 Å². The average molecular weight is 362 g/mol. The Bertz CT molecular complexity index is 483. The van der Waals surface area contributed by atoms with Gasteiger partial charge in [0.05, 0.1) is 9.90 Å². The van der Waals surface area contributed by atoms with E-state index >= 15 is 0 Å². The van der Waals surface area contributed by atoms with Crippen LogP contribution in [-0.4, -0.2) is 18.9 Å². The van der Waals surface area contributed by atoms with E-state index in [0.29, 0.717) is 20.2 Å². The van der Waals surface area contributed by atoms with Crippen molar-refractivity contribution in [3.05, 3.63) is 20.3 Å². The molecule has 1 aromatic rings. The minimum Gasteiger partial charge on any atom is -0.316 e. The van der Waals surface area contributed by atoms with E-state index in [1.807, 2.05) is 0 Å². The van der Waals surface area contributed by atoms with Crippen molar-refractivity contribution in [1.82, 2.24) is 5.32 Å². The summed E-state index contributed by atoms with van der Waals surface area (Å²) < 4.78 is 0.518. The number of rotatable bonds is 8. The molecule has 1 aliphatic heterocycles. The summed E-state index contributed by atoms with van der Waals surface area (Å²) in [6.45, 7) is 6.15. The molecule has 1 fully saturated rings. The van der Waals surface area contributed by atoms with Crippen LogP contribution in [0.15, 0.2) is 6.07 Å². The Morgan fingerprint density at radius 2 is 2.05 bits per heavy atom. The maximum absolute atomic E-state index is 13.1. The third kappa shape index (κ3) is 4.05. The molecule has 1 saturated heterocycles. The maximum Gasteiger partial charge on any atom is 0.180 e. The summed E-state index contributed by atoms with van der Waals surface area (Å²) in [7, 11) is 0. The van der Waals surface area contributed by atoms with E-state index in [2.05, 4.69) is 19.2 Å². The normalized spacial score (nSPS) is 21.7. The highest BCUT2D eigenvalue weighted by molar-refractivity contribution is 7.18. The van der Waals surface area contributed by atoms with Crippen molar-refractivity contribution in [3.8, 4) is 0 Å². The highest BCUT2D eigenvalue weighted by Gasteiger charge is 2.43. The molecule has 2 rings (SSSR count). The minimum atomic E-state index is -0.271. The molecule has 22 heavy (non-hydrogen) atoms. The first kappa shape index (κ1) is 18.3. The molecule has 1 aliphatic rings. The lowest BCUT2D eigenvalue weighted by atomic mass is 9.72. The molecule has 2 nitrogen and oxygen atoms in total. The van der Waals surface area contributed by atoms with Gasteiger partial charge in [0.2, 0.25) is 0 Å². The zero-order chi connectivity index (χ0) is 16.2. The second kappa shape index (κ2) is 8.14. The van der Waals surface area contributed by atoms with Gasteiger partial charge in [-0.15, -0.1) is 11.3 Å². The number of carbonyl (C=O) groups excluding carboxylic acids is 1. The predicted octanol–water partition coefficient (Wildman–Crippen LogP) is 5.82. The Morgan fingerprint density at radius 1 is 1.36 bits per heavy atom. The Morgan fingerprint density at radius 3 is 2.50 bits per heavy atom. The van der Waals surface area contributed by atoms with E-state index < -0.39 is 0 Å². The first-order chi connectivity index (χ1) is 10.5. The molecule has 0 radical (unpaired) electrons. The Labute approximate surface area is 147 Å². The van der Waals surface area contributed by atoms with Crippen molar-refractivity contribution in [3.63, 3.8) is 0 Å². The molecule has 1 N–H and O–H groups in total. The third-order valence-electron chi connectivity index (χ3n) is 4.67. The van der Waals surface area contributed by atoms with Gasteiger partial charge in [-0.1, -0.05) is 62.7 Å². The summed E-state index contributed by atoms with van der Waals surface area (Å²) in [5.41, 5.74) is -0.271. The highest BCUT2D eigenvalue weighted by Crippen LogP contribution is 2.42. The van der Waals surface area contributed by atoms with Crippen molar-refractivity contribution in [2.24, 2.45) is 11.3 Å². The third-order valence-corrected chi connectivity index (χ3v) is 6.53. The predicted molar refractivity (Wildman–Crippen MR) is 96.5 cm³/mol. The van der Waals surface area contributed by atoms with Gasteiger partial charge in [0, 0.05) is 12.0 Å². The van der Waals surface area contributed by atoms with Crippen molar-refractivity contribution < 1.29 is 4.79 Å². The number of carbonyl (C=O) groups is 1. The minimum absolute atomic E-state index is 0.230. The molecule has 1 aromatic heterocycles. The monoisotopic (exact) mass is 361 g/mol. The van der Waals surface area contributed by atoms with Gasteiger partial charge in [-0.25, -0.2) is 0 Å². The van der Waals surface area contributed by atoms with Crippen LogP contribution in [-0.2, 0) is 0 Å². The molecule has 0 amide bonds. The number of Topliss-reactive ketones (excluding diaryl/α,β-unsaturated/α-hetero) is 1.